The van der Waals surface area contributed by atoms with E-state index in [-0.39, 0.29) is 13.0 Å². The van der Waals surface area contributed by atoms with Gasteiger partial charge in [0.2, 0.25) is 0 Å². The van der Waals surface area contributed by atoms with E-state index in [1.165, 1.54) is 0 Å². The Labute approximate surface area is 102 Å². The summed E-state index contributed by atoms with van der Waals surface area (Å²) in [5, 5.41) is 13.4. The van der Waals surface area contributed by atoms with Gasteiger partial charge < -0.3 is 15.7 Å². The van der Waals surface area contributed by atoms with Crippen LogP contribution in [-0.4, -0.2) is 35.4 Å². The molecular weight excluding hydrogens is 253 g/mol. The van der Waals surface area contributed by atoms with Crippen LogP contribution in [0.25, 0.3) is 0 Å². The molecule has 0 aromatic heterocycles. The first kappa shape index (κ1) is 14.6. The summed E-state index contributed by atoms with van der Waals surface area (Å²) >= 11 is 0. The first-order chi connectivity index (χ1) is 8.25. The number of amides is 2. The summed E-state index contributed by atoms with van der Waals surface area (Å²) < 4.78 is 35.4. The lowest BCUT2D eigenvalue weighted by atomic mass is 9.77. The van der Waals surface area contributed by atoms with E-state index in [1.54, 1.807) is 0 Å². The van der Waals surface area contributed by atoms with Crippen molar-refractivity contribution < 1.29 is 27.9 Å². The van der Waals surface area contributed by atoms with Crippen LogP contribution in [0.1, 0.15) is 32.1 Å². The number of hydrogen-bond acceptors (Lipinski definition) is 2. The van der Waals surface area contributed by atoms with Crippen molar-refractivity contribution in [2.75, 3.05) is 6.54 Å². The standard InChI is InChI=1S/C10H15F3N2O3/c11-10(12,13)5-2-6-14-8(18)15-9(7(16)17)3-1-4-9/h1-6H2,(H,16,17)(H2,14,15,18). The van der Waals surface area contributed by atoms with E-state index >= 15 is 0 Å². The molecule has 1 aliphatic carbocycles. The van der Waals surface area contributed by atoms with Crippen molar-refractivity contribution in [3.05, 3.63) is 0 Å². The molecule has 3 N–H and O–H groups in total. The van der Waals surface area contributed by atoms with E-state index in [0.717, 1.165) is 0 Å². The molecule has 5 nitrogen and oxygen atoms in total. The molecule has 104 valence electrons. The van der Waals surface area contributed by atoms with Crippen LogP contribution >= 0.6 is 0 Å². The molecule has 0 saturated heterocycles. The van der Waals surface area contributed by atoms with Gasteiger partial charge in [-0.1, -0.05) is 0 Å². The van der Waals surface area contributed by atoms with Gasteiger partial charge in [0.25, 0.3) is 0 Å². The van der Waals surface area contributed by atoms with Crippen LogP contribution < -0.4 is 10.6 Å². The zero-order valence-corrected chi connectivity index (χ0v) is 9.64. The number of carbonyl (C=O) groups excluding carboxylic acids is 1. The minimum absolute atomic E-state index is 0.138. The van der Waals surface area contributed by atoms with E-state index < -0.39 is 30.1 Å². The number of carboxylic acids is 1. The van der Waals surface area contributed by atoms with E-state index in [4.69, 9.17) is 5.11 Å². The summed E-state index contributed by atoms with van der Waals surface area (Å²) in [6.45, 7) is -0.138. The first-order valence-corrected chi connectivity index (χ1v) is 5.61. The zero-order valence-electron chi connectivity index (χ0n) is 9.64. The molecule has 1 saturated carbocycles. The lowest BCUT2D eigenvalue weighted by molar-refractivity contribution is -0.148. The molecule has 1 fully saturated rings. The number of halogens is 3. The maximum Gasteiger partial charge on any atom is 0.389 e. The second-order valence-corrected chi connectivity index (χ2v) is 4.34. The summed E-state index contributed by atoms with van der Waals surface area (Å²) in [6.07, 6.45) is -4.04. The van der Waals surface area contributed by atoms with E-state index in [1.807, 2.05) is 0 Å². The smallest absolute Gasteiger partial charge is 0.389 e. The Balaban J connectivity index is 2.24. The van der Waals surface area contributed by atoms with Crippen LogP contribution in [0.2, 0.25) is 0 Å². The van der Waals surface area contributed by atoms with Gasteiger partial charge >= 0.3 is 18.2 Å². The highest BCUT2D eigenvalue weighted by Crippen LogP contribution is 2.31. The van der Waals surface area contributed by atoms with E-state index in [0.29, 0.717) is 19.3 Å². The largest absolute Gasteiger partial charge is 0.480 e. The number of hydrogen-bond donors (Lipinski definition) is 3. The lowest BCUT2D eigenvalue weighted by Crippen LogP contribution is -2.61. The Kier molecular flexibility index (Phi) is 4.42. The molecule has 1 rings (SSSR count). The second kappa shape index (κ2) is 5.45. The topological polar surface area (TPSA) is 78.4 Å². The third-order valence-corrected chi connectivity index (χ3v) is 2.89. The molecular formula is C10H15F3N2O3. The van der Waals surface area contributed by atoms with Gasteiger partial charge in [0, 0.05) is 13.0 Å². The molecule has 0 aromatic rings. The summed E-state index contributed by atoms with van der Waals surface area (Å²) in [4.78, 5) is 22.2. The van der Waals surface area contributed by atoms with Crippen molar-refractivity contribution in [3.8, 4) is 0 Å². The summed E-state index contributed by atoms with van der Waals surface area (Å²) in [7, 11) is 0. The van der Waals surface area contributed by atoms with Crippen molar-refractivity contribution in [3.63, 3.8) is 0 Å². The van der Waals surface area contributed by atoms with Gasteiger partial charge in [0.15, 0.2) is 0 Å². The average Bonchev–Trinajstić information content (AvgIpc) is 2.16. The van der Waals surface area contributed by atoms with Crippen molar-refractivity contribution in [1.29, 1.82) is 0 Å². The Morgan fingerprint density at radius 2 is 1.89 bits per heavy atom. The number of aliphatic carboxylic acids is 1. The fraction of sp³-hybridized carbons (Fsp3) is 0.800. The zero-order chi connectivity index (χ0) is 13.8. The molecule has 2 amide bonds. The average molecular weight is 268 g/mol. The fourth-order valence-corrected chi connectivity index (χ4v) is 1.67. The third-order valence-electron chi connectivity index (χ3n) is 2.89. The maximum atomic E-state index is 11.8. The highest BCUT2D eigenvalue weighted by Gasteiger charge is 2.45. The number of alkyl halides is 3. The van der Waals surface area contributed by atoms with Gasteiger partial charge in [-0.05, 0) is 25.7 Å². The minimum Gasteiger partial charge on any atom is -0.480 e. The quantitative estimate of drug-likeness (QED) is 0.663. The number of carbonyl (C=O) groups is 2. The normalized spacial score (nSPS) is 17.7. The van der Waals surface area contributed by atoms with E-state index in [2.05, 4.69) is 10.6 Å². The van der Waals surface area contributed by atoms with Crippen LogP contribution in [0.3, 0.4) is 0 Å². The second-order valence-electron chi connectivity index (χ2n) is 4.34. The Bertz CT molecular complexity index is 327. The number of carboxylic acid groups (broad SMARTS) is 1. The third kappa shape index (κ3) is 4.08. The molecule has 0 spiro atoms. The van der Waals surface area contributed by atoms with Crippen LogP contribution in [0, 0.1) is 0 Å². The predicted molar refractivity (Wildman–Crippen MR) is 56.0 cm³/mol. The highest BCUT2D eigenvalue weighted by molar-refractivity contribution is 5.87. The molecule has 0 heterocycles. The van der Waals surface area contributed by atoms with Crippen molar-refractivity contribution in [1.82, 2.24) is 10.6 Å². The van der Waals surface area contributed by atoms with Gasteiger partial charge in [-0.3, -0.25) is 0 Å². The SMILES string of the molecule is O=C(NCCCC(F)(F)F)NC1(C(=O)O)CCC1. The first-order valence-electron chi connectivity index (χ1n) is 5.61. The monoisotopic (exact) mass is 268 g/mol. The van der Waals surface area contributed by atoms with Crippen molar-refractivity contribution in [2.24, 2.45) is 0 Å². The number of rotatable bonds is 5. The minimum atomic E-state index is -4.24. The summed E-state index contributed by atoms with van der Waals surface area (Å²) in [5.41, 5.74) is -1.24. The maximum absolute atomic E-state index is 11.8. The molecule has 0 radical (unpaired) electrons. The fourth-order valence-electron chi connectivity index (χ4n) is 1.67. The van der Waals surface area contributed by atoms with Gasteiger partial charge in [-0.25, -0.2) is 9.59 Å². The molecule has 0 aromatic carbocycles. The molecule has 0 unspecified atom stereocenters. The van der Waals surface area contributed by atoms with Gasteiger partial charge in [-0.15, -0.1) is 0 Å². The van der Waals surface area contributed by atoms with Crippen LogP contribution in [-0.2, 0) is 4.79 Å². The Morgan fingerprint density at radius 1 is 1.28 bits per heavy atom. The number of urea groups is 1. The van der Waals surface area contributed by atoms with Gasteiger partial charge in [-0.2, -0.15) is 13.2 Å². The highest BCUT2D eigenvalue weighted by atomic mass is 19.4. The van der Waals surface area contributed by atoms with Gasteiger partial charge in [0.05, 0.1) is 0 Å². The van der Waals surface area contributed by atoms with Crippen LogP contribution in [0.15, 0.2) is 0 Å². The molecule has 0 bridgehead atoms. The van der Waals surface area contributed by atoms with Crippen LogP contribution in [0.5, 0.6) is 0 Å². The molecule has 8 heteroatoms. The Hall–Kier alpha value is -1.47. The molecule has 0 atom stereocenters. The Morgan fingerprint density at radius 3 is 2.28 bits per heavy atom. The summed E-state index contributed by atoms with van der Waals surface area (Å²) in [6, 6.07) is -0.737. The molecule has 1 aliphatic rings. The molecule has 0 aliphatic heterocycles. The van der Waals surface area contributed by atoms with E-state index in [9.17, 15) is 22.8 Å². The lowest BCUT2D eigenvalue weighted by Gasteiger charge is -2.38. The number of nitrogens with one attached hydrogen (secondary N) is 2. The predicted octanol–water partition coefficient (Wildman–Crippen LogP) is 1.64. The molecule has 18 heavy (non-hydrogen) atoms. The van der Waals surface area contributed by atoms with Crippen LogP contribution in [0.4, 0.5) is 18.0 Å². The summed E-state index contributed by atoms with van der Waals surface area (Å²) in [5.74, 6) is -1.11. The van der Waals surface area contributed by atoms with Gasteiger partial charge in [0.1, 0.15) is 5.54 Å². The van der Waals surface area contributed by atoms with Crippen molar-refractivity contribution in [2.45, 2.75) is 43.8 Å². The van der Waals surface area contributed by atoms with Crippen molar-refractivity contribution >= 4 is 12.0 Å².